The first-order chi connectivity index (χ1) is 26.6. The van der Waals surface area contributed by atoms with Crippen LogP contribution in [0.25, 0.3) is 0 Å². The van der Waals surface area contributed by atoms with Gasteiger partial charge in [0.2, 0.25) is 11.8 Å². The summed E-state index contributed by atoms with van der Waals surface area (Å²) < 4.78 is 19.4. The van der Waals surface area contributed by atoms with Crippen LogP contribution in [0.5, 0.6) is 5.75 Å². The van der Waals surface area contributed by atoms with Crippen molar-refractivity contribution in [3.63, 3.8) is 0 Å². The van der Waals surface area contributed by atoms with E-state index in [-0.39, 0.29) is 40.2 Å². The molecule has 0 radical (unpaired) electrons. The number of aromatic hydroxyl groups is 1. The van der Waals surface area contributed by atoms with Crippen LogP contribution in [0.2, 0.25) is 10.0 Å². The molecule has 1 aliphatic heterocycles. The van der Waals surface area contributed by atoms with Crippen LogP contribution >= 0.6 is 45.8 Å². The van der Waals surface area contributed by atoms with Gasteiger partial charge in [0.1, 0.15) is 18.2 Å². The number of methoxy groups -OCH3 is 1. The molecule has 15 heteroatoms. The molecule has 1 fully saturated rings. The Balaban J connectivity index is 1.97. The number of esters is 1. The van der Waals surface area contributed by atoms with Gasteiger partial charge in [0.25, 0.3) is 5.91 Å². The fourth-order valence-electron chi connectivity index (χ4n) is 6.61. The Bertz CT molecular complexity index is 1770. The van der Waals surface area contributed by atoms with Gasteiger partial charge < -0.3 is 40.0 Å². The molecule has 0 aromatic heterocycles. The molecule has 9 atom stereocenters. The third-order valence-electron chi connectivity index (χ3n) is 10.5. The van der Waals surface area contributed by atoms with Crippen LogP contribution in [0.4, 0.5) is 0 Å². The van der Waals surface area contributed by atoms with Crippen LogP contribution < -0.4 is 10.6 Å². The molecular formula is C42H56Cl2IN3O9. The Morgan fingerprint density at radius 3 is 2.21 bits per heavy atom. The number of carbonyl (C=O) groups is 4. The molecule has 3 rings (SSSR count). The third-order valence-corrected chi connectivity index (χ3v) is 12.1. The van der Waals surface area contributed by atoms with Crippen LogP contribution in [0.1, 0.15) is 78.5 Å². The van der Waals surface area contributed by atoms with Gasteiger partial charge in [-0.3, -0.25) is 14.4 Å². The molecule has 1 saturated heterocycles. The van der Waals surface area contributed by atoms with Gasteiger partial charge in [-0.2, -0.15) is 0 Å². The lowest BCUT2D eigenvalue weighted by Crippen LogP contribution is -2.61. The van der Waals surface area contributed by atoms with E-state index >= 15 is 0 Å². The molecule has 2 aromatic carbocycles. The molecule has 3 amide bonds. The molecule has 314 valence electrons. The number of ether oxygens (including phenoxy) is 3. The number of hydrogen-bond acceptors (Lipinski definition) is 9. The summed E-state index contributed by atoms with van der Waals surface area (Å²) in [6, 6.07) is 7.75. The molecular weight excluding hydrogens is 888 g/mol. The van der Waals surface area contributed by atoms with Crippen LogP contribution in [0.15, 0.2) is 64.8 Å². The monoisotopic (exact) mass is 943 g/mol. The molecule has 57 heavy (non-hydrogen) atoms. The summed E-state index contributed by atoms with van der Waals surface area (Å²) in [7, 11) is 3.12. The molecule has 2 aromatic rings. The van der Waals surface area contributed by atoms with E-state index in [0.717, 1.165) is 5.57 Å². The second-order valence-electron chi connectivity index (χ2n) is 15.4. The third kappa shape index (κ3) is 12.2. The summed E-state index contributed by atoms with van der Waals surface area (Å²) in [6.07, 6.45) is 0.850. The van der Waals surface area contributed by atoms with Crippen LogP contribution in [0.3, 0.4) is 0 Å². The number of carbonyl (C=O) groups excluding carboxylic acids is 4. The zero-order chi connectivity index (χ0) is 43.0. The number of likely N-dealkylation sites (N-methyl/N-ethyl adjacent to an activating group) is 1. The molecule has 0 unspecified atom stereocenters. The molecule has 0 saturated carbocycles. The highest BCUT2D eigenvalue weighted by molar-refractivity contribution is 14.1. The van der Waals surface area contributed by atoms with Crippen molar-refractivity contribution in [3.05, 3.63) is 85.9 Å². The maximum absolute atomic E-state index is 14.4. The van der Waals surface area contributed by atoms with E-state index in [1.54, 1.807) is 44.4 Å². The summed E-state index contributed by atoms with van der Waals surface area (Å²) in [5, 5.41) is 26.7. The second-order valence-corrected chi connectivity index (χ2v) is 16.8. The van der Waals surface area contributed by atoms with Crippen LogP contribution in [-0.4, -0.2) is 94.5 Å². The van der Waals surface area contributed by atoms with E-state index < -0.39 is 65.2 Å². The molecule has 4 N–H and O–H groups in total. The van der Waals surface area contributed by atoms with Crippen molar-refractivity contribution < 1.29 is 43.6 Å². The van der Waals surface area contributed by atoms with Gasteiger partial charge in [0.15, 0.2) is 17.4 Å². The number of aliphatic hydroxyl groups is 1. The number of nitrogens with zero attached hydrogens (tertiary/aromatic N) is 1. The zero-order valence-electron chi connectivity index (χ0n) is 34.0. The van der Waals surface area contributed by atoms with Crippen molar-refractivity contribution in [2.75, 3.05) is 14.2 Å². The summed E-state index contributed by atoms with van der Waals surface area (Å²) in [5.41, 5.74) is -1.01. The zero-order valence-corrected chi connectivity index (χ0v) is 37.6. The average molecular weight is 945 g/mol. The summed E-state index contributed by atoms with van der Waals surface area (Å²) >= 11 is 14.6. The predicted molar refractivity (Wildman–Crippen MR) is 229 cm³/mol. The maximum Gasteiger partial charge on any atom is 0.332 e. The van der Waals surface area contributed by atoms with Crippen LogP contribution in [0, 0.1) is 11.8 Å². The van der Waals surface area contributed by atoms with Crippen molar-refractivity contribution in [1.29, 1.82) is 0 Å². The van der Waals surface area contributed by atoms with E-state index in [1.807, 2.05) is 37.8 Å². The Morgan fingerprint density at radius 1 is 1.11 bits per heavy atom. The number of phenolic OH excluding ortho intramolecular Hbond substituents is 1. The standard InChI is InChI=1S/C42H56Cl2IN3O9/c1-11-23(3)33(48(9)40(53)42(8)32(57-42)21-31(55-10)25(5)22-45)38(51)46-30(20-26-18-28(43)34(49)29(44)19-26)37(50)47-36(41(6,7)54)39(52)56-35(24(4)12-2)27-16-14-13-15-17-27/h12-19,22-24,30-33,35-36,49,54H,2,11,20-21H2,1,3-10H3,(H,46,51)(H,47,50)/b25-22+/t23-,24+,30-,31+,32-,33-,35-,36+,42+/m0/s1. The minimum absolute atomic E-state index is 0.0841. The lowest BCUT2D eigenvalue weighted by atomic mass is 9.93. The quantitative estimate of drug-likeness (QED) is 0.0480. The lowest BCUT2D eigenvalue weighted by Gasteiger charge is -2.35. The number of benzene rings is 2. The Labute approximate surface area is 359 Å². The molecule has 1 heterocycles. The van der Waals surface area contributed by atoms with Gasteiger partial charge in [-0.25, -0.2) is 4.79 Å². The first-order valence-electron chi connectivity index (χ1n) is 18.8. The fourth-order valence-corrected chi connectivity index (χ4v) is 7.55. The van der Waals surface area contributed by atoms with E-state index in [0.29, 0.717) is 24.0 Å². The van der Waals surface area contributed by atoms with Gasteiger partial charge in [-0.15, -0.1) is 6.58 Å². The maximum atomic E-state index is 14.4. The number of amides is 3. The van der Waals surface area contributed by atoms with Gasteiger partial charge in [-0.1, -0.05) is 109 Å². The number of epoxide rings is 1. The van der Waals surface area contributed by atoms with Gasteiger partial charge in [0.05, 0.1) is 27.9 Å². The summed E-state index contributed by atoms with van der Waals surface area (Å²) in [6.45, 7) is 15.7. The largest absolute Gasteiger partial charge is 0.505 e. The smallest absolute Gasteiger partial charge is 0.332 e. The Kier molecular flexibility index (Phi) is 17.5. The SMILES string of the molecule is C=C[C@@H](C)[C@H](OC(=O)[C@@H](NC(=O)[C@H](Cc1cc(Cl)c(O)c(Cl)c1)NC(=O)[C@H]([C@@H](C)CC)N(C)C(=O)[C@]1(C)O[C@H]1C[C@@H](OC)/C(C)=C/I)C(C)(C)O)c1ccccc1. The van der Waals surface area contributed by atoms with Gasteiger partial charge in [-0.05, 0) is 66.5 Å². The first kappa shape index (κ1) is 48.2. The van der Waals surface area contributed by atoms with Crippen molar-refractivity contribution in [2.45, 2.75) is 115 Å². The highest BCUT2D eigenvalue weighted by atomic mass is 127. The Hall–Kier alpha value is -3.21. The number of nitrogens with one attached hydrogen (secondary N) is 2. The van der Waals surface area contributed by atoms with Gasteiger partial charge >= 0.3 is 5.97 Å². The average Bonchev–Trinajstić information content (AvgIpc) is 3.84. The van der Waals surface area contributed by atoms with Gasteiger partial charge in [0, 0.05) is 32.9 Å². The minimum Gasteiger partial charge on any atom is -0.505 e. The summed E-state index contributed by atoms with van der Waals surface area (Å²) in [4.78, 5) is 58.0. The number of rotatable bonds is 20. The molecule has 12 nitrogen and oxygen atoms in total. The highest BCUT2D eigenvalue weighted by Gasteiger charge is 2.61. The van der Waals surface area contributed by atoms with Crippen molar-refractivity contribution in [3.8, 4) is 5.75 Å². The highest BCUT2D eigenvalue weighted by Crippen LogP contribution is 2.42. The van der Waals surface area contributed by atoms with E-state index in [2.05, 4.69) is 39.8 Å². The molecule has 1 aliphatic rings. The second kappa shape index (κ2) is 20.7. The molecule has 0 spiro atoms. The first-order valence-corrected chi connectivity index (χ1v) is 20.8. The number of hydrogen-bond donors (Lipinski definition) is 4. The normalized spacial score (nSPS) is 20.5. The topological polar surface area (TPSA) is 167 Å². The fraction of sp³-hybridized carbons (Fsp3) is 0.524. The summed E-state index contributed by atoms with van der Waals surface area (Å²) in [5.74, 6) is -3.90. The Morgan fingerprint density at radius 2 is 1.70 bits per heavy atom. The van der Waals surface area contributed by atoms with E-state index in [9.17, 15) is 29.4 Å². The van der Waals surface area contributed by atoms with E-state index in [4.69, 9.17) is 37.4 Å². The van der Waals surface area contributed by atoms with Crippen molar-refractivity contribution in [2.24, 2.45) is 11.8 Å². The molecule has 0 bridgehead atoms. The lowest BCUT2D eigenvalue weighted by molar-refractivity contribution is -0.162. The van der Waals surface area contributed by atoms with E-state index in [1.165, 1.54) is 37.9 Å². The number of phenols is 1. The van der Waals surface area contributed by atoms with Crippen LogP contribution in [-0.2, 0) is 39.8 Å². The molecule has 0 aliphatic carbocycles. The predicted octanol–water partition coefficient (Wildman–Crippen LogP) is 6.86. The minimum atomic E-state index is -1.83. The van der Waals surface area contributed by atoms with Crippen molar-refractivity contribution >= 4 is 69.5 Å². The van der Waals surface area contributed by atoms with Crippen molar-refractivity contribution in [1.82, 2.24) is 15.5 Å². The number of halogens is 3.